The third-order valence-electron chi connectivity index (χ3n) is 5.20. The van der Waals surface area contributed by atoms with Crippen LogP contribution in [0.2, 0.25) is 0 Å². The van der Waals surface area contributed by atoms with E-state index in [0.717, 1.165) is 27.8 Å². The number of anilines is 1. The van der Waals surface area contributed by atoms with Crippen LogP contribution >= 0.6 is 0 Å². The molecule has 0 radical (unpaired) electrons. The maximum absolute atomic E-state index is 12.3. The van der Waals surface area contributed by atoms with Gasteiger partial charge in [0.2, 0.25) is 5.91 Å². The monoisotopic (exact) mass is 376 g/mol. The van der Waals surface area contributed by atoms with Gasteiger partial charge in [0.25, 0.3) is 0 Å². The highest BCUT2D eigenvalue weighted by Crippen LogP contribution is 2.41. The van der Waals surface area contributed by atoms with Gasteiger partial charge in [0.05, 0.1) is 6.04 Å². The number of benzene rings is 1. The number of hydrogen-bond acceptors (Lipinski definition) is 3. The maximum Gasteiger partial charge on any atom is 0.241 e. The number of aromatic amines is 1. The molecule has 4 rings (SSSR count). The van der Waals surface area contributed by atoms with Gasteiger partial charge < -0.3 is 16.0 Å². The highest BCUT2D eigenvalue weighted by molar-refractivity contribution is 5.96. The standard InChI is InChI=1S/C23H28N4O/c1-23(2,3)13-19(24)22(28)26-16-8-6-14(7-9-16)17-10-11-25-21-18(17)12-20(27-21)15-4-5-15/h6-12,15,19H,4-5,13,24H2,1-3H3,(H,25,27)(H,26,28)/t19-/m1/s1. The van der Waals surface area contributed by atoms with E-state index in [4.69, 9.17) is 5.73 Å². The van der Waals surface area contributed by atoms with Crippen LogP contribution in [0.5, 0.6) is 0 Å². The second-order valence-electron chi connectivity index (χ2n) is 9.06. The second kappa shape index (κ2) is 7.06. The molecule has 5 heteroatoms. The van der Waals surface area contributed by atoms with Crippen molar-refractivity contribution >= 4 is 22.6 Å². The smallest absolute Gasteiger partial charge is 0.241 e. The summed E-state index contributed by atoms with van der Waals surface area (Å²) in [5.41, 5.74) is 11.3. The molecule has 1 aliphatic carbocycles. The van der Waals surface area contributed by atoms with E-state index in [0.29, 0.717) is 12.3 Å². The summed E-state index contributed by atoms with van der Waals surface area (Å²) < 4.78 is 0. The van der Waals surface area contributed by atoms with E-state index < -0.39 is 6.04 Å². The van der Waals surface area contributed by atoms with Crippen LogP contribution in [-0.2, 0) is 4.79 Å². The molecule has 4 N–H and O–H groups in total. The fourth-order valence-corrected chi connectivity index (χ4v) is 3.63. The number of aromatic nitrogens is 2. The lowest BCUT2D eigenvalue weighted by atomic mass is 9.88. The molecule has 0 spiro atoms. The summed E-state index contributed by atoms with van der Waals surface area (Å²) in [6.45, 7) is 6.25. The van der Waals surface area contributed by atoms with E-state index in [2.05, 4.69) is 42.1 Å². The summed E-state index contributed by atoms with van der Waals surface area (Å²) in [6, 6.07) is 11.7. The molecular formula is C23H28N4O. The number of pyridine rings is 1. The van der Waals surface area contributed by atoms with E-state index in [1.54, 1.807) is 0 Å². The molecule has 1 atom stereocenters. The molecule has 146 valence electrons. The van der Waals surface area contributed by atoms with Crippen LogP contribution in [-0.4, -0.2) is 21.9 Å². The third-order valence-corrected chi connectivity index (χ3v) is 5.20. The first kappa shape index (κ1) is 18.7. The zero-order valence-corrected chi connectivity index (χ0v) is 16.8. The van der Waals surface area contributed by atoms with Gasteiger partial charge in [0.1, 0.15) is 5.65 Å². The Hall–Kier alpha value is -2.66. The van der Waals surface area contributed by atoms with Gasteiger partial charge in [0.15, 0.2) is 0 Å². The van der Waals surface area contributed by atoms with E-state index >= 15 is 0 Å². The summed E-state index contributed by atoms with van der Waals surface area (Å²) in [4.78, 5) is 20.3. The Morgan fingerprint density at radius 2 is 1.96 bits per heavy atom. The van der Waals surface area contributed by atoms with Crippen LogP contribution < -0.4 is 11.1 Å². The third kappa shape index (κ3) is 4.09. The molecular weight excluding hydrogens is 348 g/mol. The van der Waals surface area contributed by atoms with Crippen molar-refractivity contribution in [3.8, 4) is 11.1 Å². The summed E-state index contributed by atoms with van der Waals surface area (Å²) >= 11 is 0. The molecule has 1 aromatic carbocycles. The zero-order valence-electron chi connectivity index (χ0n) is 16.8. The molecule has 0 aliphatic heterocycles. The Bertz CT molecular complexity index is 994. The Labute approximate surface area is 165 Å². The lowest BCUT2D eigenvalue weighted by Crippen LogP contribution is -2.38. The quantitative estimate of drug-likeness (QED) is 0.597. The van der Waals surface area contributed by atoms with Crippen molar-refractivity contribution < 1.29 is 4.79 Å². The van der Waals surface area contributed by atoms with Crippen molar-refractivity contribution in [1.82, 2.24) is 9.97 Å². The first-order valence-corrected chi connectivity index (χ1v) is 9.95. The van der Waals surface area contributed by atoms with Crippen LogP contribution in [0, 0.1) is 5.41 Å². The lowest BCUT2D eigenvalue weighted by molar-refractivity contribution is -0.118. The number of hydrogen-bond donors (Lipinski definition) is 3. The minimum absolute atomic E-state index is 0.0171. The fraction of sp³-hybridized carbons (Fsp3) is 0.391. The average molecular weight is 377 g/mol. The number of amides is 1. The van der Waals surface area contributed by atoms with Crippen LogP contribution in [0.4, 0.5) is 5.69 Å². The Kier molecular flexibility index (Phi) is 4.71. The normalized spacial score (nSPS) is 15.6. The fourth-order valence-electron chi connectivity index (χ4n) is 3.63. The molecule has 1 amide bonds. The summed E-state index contributed by atoms with van der Waals surface area (Å²) in [7, 11) is 0. The van der Waals surface area contributed by atoms with Gasteiger partial charge in [-0.15, -0.1) is 0 Å². The first-order valence-electron chi connectivity index (χ1n) is 9.95. The number of fused-ring (bicyclic) bond motifs is 1. The molecule has 1 saturated carbocycles. The van der Waals surface area contributed by atoms with Crippen LogP contribution in [0.3, 0.4) is 0 Å². The van der Waals surface area contributed by atoms with Crippen LogP contribution in [0.1, 0.15) is 51.6 Å². The number of H-pyrrole nitrogens is 1. The summed E-state index contributed by atoms with van der Waals surface area (Å²) in [6.07, 6.45) is 5.00. The van der Waals surface area contributed by atoms with Crippen molar-refractivity contribution in [2.24, 2.45) is 11.1 Å². The van der Waals surface area contributed by atoms with E-state index in [9.17, 15) is 4.79 Å². The van der Waals surface area contributed by atoms with E-state index in [1.165, 1.54) is 18.5 Å². The predicted molar refractivity (Wildman–Crippen MR) is 114 cm³/mol. The first-order chi connectivity index (χ1) is 13.3. The molecule has 1 aliphatic rings. The van der Waals surface area contributed by atoms with Crippen molar-refractivity contribution in [1.29, 1.82) is 0 Å². The van der Waals surface area contributed by atoms with Gasteiger partial charge in [0, 0.05) is 23.0 Å². The molecule has 2 heterocycles. The average Bonchev–Trinajstić information content (AvgIpc) is 3.39. The van der Waals surface area contributed by atoms with Gasteiger partial charge in [-0.3, -0.25) is 4.79 Å². The Balaban J connectivity index is 1.52. The van der Waals surface area contributed by atoms with Gasteiger partial charge in [-0.1, -0.05) is 32.9 Å². The number of carbonyl (C=O) groups is 1. The molecule has 2 aromatic heterocycles. The molecule has 0 saturated heterocycles. The molecule has 0 unspecified atom stereocenters. The number of carbonyl (C=O) groups excluding carboxylic acids is 1. The second-order valence-corrected chi connectivity index (χ2v) is 9.06. The molecule has 3 aromatic rings. The lowest BCUT2D eigenvalue weighted by Gasteiger charge is -2.22. The summed E-state index contributed by atoms with van der Waals surface area (Å²) in [5, 5.41) is 4.07. The van der Waals surface area contributed by atoms with Gasteiger partial charge in [-0.05, 0) is 66.0 Å². The topological polar surface area (TPSA) is 83.8 Å². The number of nitrogens with two attached hydrogens (primary N) is 1. The number of rotatable bonds is 5. The van der Waals surface area contributed by atoms with Crippen molar-refractivity contribution in [2.45, 2.75) is 52.0 Å². The zero-order chi connectivity index (χ0) is 19.9. The highest BCUT2D eigenvalue weighted by Gasteiger charge is 2.26. The van der Waals surface area contributed by atoms with Gasteiger partial charge in [-0.2, -0.15) is 0 Å². The minimum atomic E-state index is -0.514. The maximum atomic E-state index is 12.3. The molecule has 1 fully saturated rings. The molecule has 28 heavy (non-hydrogen) atoms. The predicted octanol–water partition coefficient (Wildman–Crippen LogP) is 4.81. The minimum Gasteiger partial charge on any atom is -0.343 e. The molecule has 5 nitrogen and oxygen atoms in total. The molecule has 0 bridgehead atoms. The van der Waals surface area contributed by atoms with Gasteiger partial charge in [-0.25, -0.2) is 4.98 Å². The Morgan fingerprint density at radius 1 is 1.25 bits per heavy atom. The number of nitrogens with zero attached hydrogens (tertiary/aromatic N) is 1. The van der Waals surface area contributed by atoms with Crippen molar-refractivity contribution in [3.05, 3.63) is 48.3 Å². The Morgan fingerprint density at radius 3 is 2.61 bits per heavy atom. The summed E-state index contributed by atoms with van der Waals surface area (Å²) in [5.74, 6) is 0.519. The largest absolute Gasteiger partial charge is 0.343 e. The SMILES string of the molecule is CC(C)(C)C[C@@H](N)C(=O)Nc1ccc(-c2ccnc3[nH]c(C4CC4)cc23)cc1. The van der Waals surface area contributed by atoms with Crippen LogP contribution in [0.25, 0.3) is 22.2 Å². The van der Waals surface area contributed by atoms with Gasteiger partial charge >= 0.3 is 0 Å². The van der Waals surface area contributed by atoms with Crippen LogP contribution in [0.15, 0.2) is 42.6 Å². The van der Waals surface area contributed by atoms with Crippen molar-refractivity contribution in [3.63, 3.8) is 0 Å². The van der Waals surface area contributed by atoms with E-state index in [1.807, 2.05) is 36.5 Å². The number of nitrogens with one attached hydrogen (secondary N) is 2. The highest BCUT2D eigenvalue weighted by atomic mass is 16.2. The van der Waals surface area contributed by atoms with Crippen molar-refractivity contribution in [2.75, 3.05) is 5.32 Å². The van der Waals surface area contributed by atoms with E-state index in [-0.39, 0.29) is 11.3 Å².